The fourth-order valence-corrected chi connectivity index (χ4v) is 3.47. The molecule has 0 unspecified atom stereocenters. The van der Waals surface area contributed by atoms with Crippen LogP contribution in [0.4, 0.5) is 0 Å². The first-order valence-electron chi connectivity index (χ1n) is 9.28. The molecule has 0 saturated carbocycles. The molecule has 0 spiro atoms. The highest BCUT2D eigenvalue weighted by Gasteiger charge is 2.19. The van der Waals surface area contributed by atoms with Crippen LogP contribution < -0.4 is 11.1 Å². The maximum atomic E-state index is 12.8. The van der Waals surface area contributed by atoms with Crippen LogP contribution in [-0.4, -0.2) is 30.1 Å². The molecule has 0 radical (unpaired) electrons. The van der Waals surface area contributed by atoms with E-state index in [0.717, 1.165) is 41.5 Å². The van der Waals surface area contributed by atoms with Crippen LogP contribution in [0.15, 0.2) is 65.9 Å². The van der Waals surface area contributed by atoms with Crippen molar-refractivity contribution in [3.63, 3.8) is 0 Å². The SMILES string of the molecule is C=C/C=C(\C=C(/N)Cl)Cc1cc(C(=O)N[C@@H]2CCCOC2)nc2ccccc12. The standard InChI is InChI=1S/C22H24ClN3O2/c1-2-6-15(12-21(23)24)11-16-13-20(26-19-9-4-3-8-18(16)19)22(27)25-17-7-5-10-28-14-17/h2-4,6,8-9,12-13,17H,1,5,7,10-11,14,24H2,(H,25,27)/b15-6-,21-12-/t17-/m1/s1. The molecule has 28 heavy (non-hydrogen) atoms. The Kier molecular flexibility index (Phi) is 6.85. The van der Waals surface area contributed by atoms with E-state index in [1.54, 1.807) is 12.2 Å². The van der Waals surface area contributed by atoms with Gasteiger partial charge in [-0.25, -0.2) is 4.98 Å². The van der Waals surface area contributed by atoms with Crippen molar-refractivity contribution in [2.75, 3.05) is 13.2 Å². The lowest BCUT2D eigenvalue weighted by Crippen LogP contribution is -2.40. The summed E-state index contributed by atoms with van der Waals surface area (Å²) in [5.74, 6) is -0.191. The number of aromatic nitrogens is 1. The van der Waals surface area contributed by atoms with Gasteiger partial charge in [0.05, 0.1) is 23.3 Å². The van der Waals surface area contributed by atoms with Crippen LogP contribution in [0.1, 0.15) is 28.9 Å². The summed E-state index contributed by atoms with van der Waals surface area (Å²) >= 11 is 5.86. The van der Waals surface area contributed by atoms with Crippen molar-refractivity contribution in [1.82, 2.24) is 10.3 Å². The first-order chi connectivity index (χ1) is 13.6. The Hall–Kier alpha value is -2.63. The number of amides is 1. The van der Waals surface area contributed by atoms with Gasteiger partial charge in [-0.3, -0.25) is 4.79 Å². The minimum absolute atomic E-state index is 0.0215. The maximum absolute atomic E-state index is 12.8. The Balaban J connectivity index is 1.94. The zero-order valence-electron chi connectivity index (χ0n) is 15.7. The third-order valence-corrected chi connectivity index (χ3v) is 4.69. The molecule has 0 bridgehead atoms. The number of rotatable bonds is 6. The summed E-state index contributed by atoms with van der Waals surface area (Å²) in [6, 6.07) is 9.61. The molecule has 1 aliphatic heterocycles. The second kappa shape index (κ2) is 9.53. The van der Waals surface area contributed by atoms with Gasteiger partial charge in [-0.05, 0) is 48.6 Å². The molecular formula is C22H24ClN3O2. The molecule has 1 aliphatic rings. The van der Waals surface area contributed by atoms with Gasteiger partial charge in [-0.15, -0.1) is 0 Å². The summed E-state index contributed by atoms with van der Waals surface area (Å²) in [5.41, 5.74) is 8.66. The minimum atomic E-state index is -0.191. The Morgan fingerprint density at radius 3 is 2.96 bits per heavy atom. The number of allylic oxidation sites excluding steroid dienone is 4. The largest absolute Gasteiger partial charge is 0.389 e. The summed E-state index contributed by atoms with van der Waals surface area (Å²) in [5, 5.41) is 4.21. The number of halogens is 1. The van der Waals surface area contributed by atoms with Gasteiger partial charge in [0, 0.05) is 12.0 Å². The maximum Gasteiger partial charge on any atom is 0.270 e. The number of hydrogen-bond acceptors (Lipinski definition) is 4. The molecule has 1 fully saturated rings. The number of pyridine rings is 1. The summed E-state index contributed by atoms with van der Waals surface area (Å²) in [7, 11) is 0. The first-order valence-corrected chi connectivity index (χ1v) is 9.66. The van der Waals surface area contributed by atoms with Gasteiger partial charge in [0.15, 0.2) is 0 Å². The number of nitrogens with zero attached hydrogens (tertiary/aromatic N) is 1. The van der Waals surface area contributed by atoms with E-state index in [4.69, 9.17) is 22.1 Å². The molecule has 3 rings (SSSR count). The van der Waals surface area contributed by atoms with Crippen LogP contribution in [0.5, 0.6) is 0 Å². The topological polar surface area (TPSA) is 77.2 Å². The van der Waals surface area contributed by atoms with E-state index in [2.05, 4.69) is 16.9 Å². The van der Waals surface area contributed by atoms with Gasteiger partial charge in [0.1, 0.15) is 5.69 Å². The van der Waals surface area contributed by atoms with Gasteiger partial charge < -0.3 is 15.8 Å². The molecular weight excluding hydrogens is 374 g/mol. The van der Waals surface area contributed by atoms with Crippen molar-refractivity contribution in [3.8, 4) is 0 Å². The Labute approximate surface area is 169 Å². The van der Waals surface area contributed by atoms with Crippen LogP contribution in [0.3, 0.4) is 0 Å². The highest BCUT2D eigenvalue weighted by Crippen LogP contribution is 2.22. The van der Waals surface area contributed by atoms with Crippen molar-refractivity contribution < 1.29 is 9.53 Å². The van der Waals surface area contributed by atoms with Crippen LogP contribution in [-0.2, 0) is 11.2 Å². The second-order valence-corrected chi connectivity index (χ2v) is 7.19. The minimum Gasteiger partial charge on any atom is -0.389 e. The van der Waals surface area contributed by atoms with Crippen molar-refractivity contribution in [3.05, 3.63) is 77.1 Å². The monoisotopic (exact) mass is 397 g/mol. The molecule has 6 heteroatoms. The second-order valence-electron chi connectivity index (χ2n) is 6.75. The fraction of sp³-hybridized carbons (Fsp3) is 0.273. The highest BCUT2D eigenvalue weighted by molar-refractivity contribution is 6.29. The fourth-order valence-electron chi connectivity index (χ4n) is 3.33. The zero-order chi connectivity index (χ0) is 19.9. The van der Waals surface area contributed by atoms with E-state index in [1.807, 2.05) is 36.4 Å². The number of benzene rings is 1. The average molecular weight is 398 g/mol. The molecule has 5 nitrogen and oxygen atoms in total. The predicted octanol–water partition coefficient (Wildman–Crippen LogP) is 3.84. The summed E-state index contributed by atoms with van der Waals surface area (Å²) in [6.45, 7) is 5.03. The normalized spacial score (nSPS) is 18.1. The molecule has 2 aromatic rings. The number of carbonyl (C=O) groups is 1. The quantitative estimate of drug-likeness (QED) is 0.573. The first kappa shape index (κ1) is 20.1. The Bertz CT molecular complexity index is 927. The number of carbonyl (C=O) groups excluding carboxylic acids is 1. The van der Waals surface area contributed by atoms with E-state index in [-0.39, 0.29) is 17.1 Å². The number of nitrogens with one attached hydrogen (secondary N) is 1. The van der Waals surface area contributed by atoms with Gasteiger partial charge in [-0.2, -0.15) is 0 Å². The van der Waals surface area contributed by atoms with E-state index in [0.29, 0.717) is 18.7 Å². The predicted molar refractivity (Wildman–Crippen MR) is 113 cm³/mol. The van der Waals surface area contributed by atoms with Crippen molar-refractivity contribution in [1.29, 1.82) is 0 Å². The van der Waals surface area contributed by atoms with Crippen molar-refractivity contribution >= 4 is 28.4 Å². The molecule has 1 saturated heterocycles. The summed E-state index contributed by atoms with van der Waals surface area (Å²) < 4.78 is 5.45. The Morgan fingerprint density at radius 1 is 1.43 bits per heavy atom. The Morgan fingerprint density at radius 2 is 2.25 bits per heavy atom. The summed E-state index contributed by atoms with van der Waals surface area (Å²) in [4.78, 5) is 17.3. The molecule has 1 aromatic heterocycles. The number of nitrogens with two attached hydrogens (primary N) is 1. The lowest BCUT2D eigenvalue weighted by atomic mass is 9.99. The van der Waals surface area contributed by atoms with Gasteiger partial charge in [-0.1, -0.05) is 48.5 Å². The van der Waals surface area contributed by atoms with Crippen LogP contribution in [0.2, 0.25) is 0 Å². The third-order valence-electron chi connectivity index (χ3n) is 4.58. The lowest BCUT2D eigenvalue weighted by Gasteiger charge is -2.23. The molecule has 2 heterocycles. The number of ether oxygens (including phenoxy) is 1. The van der Waals surface area contributed by atoms with Gasteiger partial charge >= 0.3 is 0 Å². The van der Waals surface area contributed by atoms with Crippen LogP contribution in [0, 0.1) is 0 Å². The number of hydrogen-bond donors (Lipinski definition) is 2. The molecule has 0 aliphatic carbocycles. The third kappa shape index (κ3) is 5.21. The number of fused-ring (bicyclic) bond motifs is 1. The lowest BCUT2D eigenvalue weighted by molar-refractivity contribution is 0.0622. The van der Waals surface area contributed by atoms with Crippen LogP contribution >= 0.6 is 11.6 Å². The molecule has 146 valence electrons. The van der Waals surface area contributed by atoms with E-state index < -0.39 is 0 Å². The molecule has 3 N–H and O–H groups in total. The van der Waals surface area contributed by atoms with Gasteiger partial charge in [0.25, 0.3) is 5.91 Å². The number of para-hydroxylation sites is 1. The van der Waals surface area contributed by atoms with Gasteiger partial charge in [0.2, 0.25) is 0 Å². The van der Waals surface area contributed by atoms with Crippen molar-refractivity contribution in [2.45, 2.75) is 25.3 Å². The molecule has 1 aromatic carbocycles. The summed E-state index contributed by atoms with van der Waals surface area (Å²) in [6.07, 6.45) is 7.64. The van der Waals surface area contributed by atoms with Crippen molar-refractivity contribution in [2.24, 2.45) is 5.73 Å². The average Bonchev–Trinajstić information content (AvgIpc) is 2.68. The van der Waals surface area contributed by atoms with E-state index in [1.165, 1.54) is 0 Å². The highest BCUT2D eigenvalue weighted by atomic mass is 35.5. The van der Waals surface area contributed by atoms with E-state index >= 15 is 0 Å². The smallest absolute Gasteiger partial charge is 0.270 e. The molecule has 1 atom stereocenters. The zero-order valence-corrected chi connectivity index (χ0v) is 16.4. The molecule has 1 amide bonds. The van der Waals surface area contributed by atoms with E-state index in [9.17, 15) is 4.79 Å². The van der Waals surface area contributed by atoms with Crippen LogP contribution in [0.25, 0.3) is 10.9 Å².